The summed E-state index contributed by atoms with van der Waals surface area (Å²) in [6.45, 7) is 8.21. The summed E-state index contributed by atoms with van der Waals surface area (Å²) in [5.74, 6) is 0. The van der Waals surface area contributed by atoms with Crippen LogP contribution in [0.3, 0.4) is 0 Å². The summed E-state index contributed by atoms with van der Waals surface area (Å²) in [5.41, 5.74) is 3.45. The van der Waals surface area contributed by atoms with E-state index in [0.717, 1.165) is 48.4 Å². The highest BCUT2D eigenvalue weighted by Gasteiger charge is 2.19. The summed E-state index contributed by atoms with van der Waals surface area (Å²) >= 11 is 6.33. The van der Waals surface area contributed by atoms with Gasteiger partial charge in [0.2, 0.25) is 0 Å². The fourth-order valence-corrected chi connectivity index (χ4v) is 2.47. The summed E-state index contributed by atoms with van der Waals surface area (Å²) in [7, 11) is 0. The van der Waals surface area contributed by atoms with Crippen molar-refractivity contribution in [3.8, 4) is 0 Å². The Balaban J connectivity index is 1.89. The van der Waals surface area contributed by atoms with Gasteiger partial charge in [0.05, 0.1) is 16.4 Å². The van der Waals surface area contributed by atoms with Gasteiger partial charge in [0.1, 0.15) is 0 Å². The average molecular weight is 282 g/mol. The predicted molar refractivity (Wildman–Crippen MR) is 80.8 cm³/mol. The van der Waals surface area contributed by atoms with Crippen LogP contribution in [0.2, 0.25) is 5.02 Å². The third-order valence-corrected chi connectivity index (χ3v) is 4.04. The molecule has 1 aromatic heterocycles. The highest BCUT2D eigenvalue weighted by atomic mass is 35.5. The molecule has 0 aromatic carbocycles. The Kier molecular flexibility index (Phi) is 5.06. The first kappa shape index (κ1) is 14.6. The topological polar surface area (TPSA) is 29.9 Å². The summed E-state index contributed by atoms with van der Waals surface area (Å²) in [6.07, 6.45) is 7.02. The maximum atomic E-state index is 6.33. The second kappa shape index (κ2) is 6.58. The van der Waals surface area contributed by atoms with E-state index >= 15 is 0 Å². The minimum atomic E-state index is 0.798. The number of hydrogen-bond donors (Lipinski definition) is 1. The van der Waals surface area contributed by atoms with E-state index in [1.807, 2.05) is 11.6 Å². The van der Waals surface area contributed by atoms with Gasteiger partial charge in [-0.25, -0.2) is 0 Å². The summed E-state index contributed by atoms with van der Waals surface area (Å²) in [4.78, 5) is 0. The fourth-order valence-electron chi connectivity index (χ4n) is 2.27. The van der Waals surface area contributed by atoms with Crippen LogP contribution in [-0.2, 0) is 13.0 Å². The van der Waals surface area contributed by atoms with Crippen LogP contribution in [0.15, 0.2) is 11.6 Å². The van der Waals surface area contributed by atoms with Crippen molar-refractivity contribution >= 4 is 11.6 Å². The predicted octanol–water partition coefficient (Wildman–Crippen LogP) is 3.50. The standard InChI is InChI=1S/C15H24ClN3/c1-4-19-14(15(16)12(3)18-19)10-11(2)6-5-9-17-13-7-8-13/h6,13,17H,4-5,7-10H2,1-3H3. The number of aryl methyl sites for hydroxylation is 2. The first-order valence-corrected chi connectivity index (χ1v) is 7.60. The number of aromatic nitrogens is 2. The minimum Gasteiger partial charge on any atom is -0.314 e. The Morgan fingerprint density at radius 1 is 1.53 bits per heavy atom. The third kappa shape index (κ3) is 4.08. The molecule has 1 aliphatic carbocycles. The van der Waals surface area contributed by atoms with Crippen LogP contribution in [0.4, 0.5) is 0 Å². The van der Waals surface area contributed by atoms with Crippen molar-refractivity contribution in [3.05, 3.63) is 28.1 Å². The van der Waals surface area contributed by atoms with Crippen molar-refractivity contribution in [1.82, 2.24) is 15.1 Å². The lowest BCUT2D eigenvalue weighted by molar-refractivity contribution is 0.623. The quantitative estimate of drug-likeness (QED) is 0.612. The van der Waals surface area contributed by atoms with E-state index in [1.54, 1.807) is 0 Å². The number of rotatable bonds is 7. The molecule has 2 rings (SSSR count). The second-order valence-electron chi connectivity index (χ2n) is 5.41. The van der Waals surface area contributed by atoms with Crippen molar-refractivity contribution < 1.29 is 0 Å². The number of hydrogen-bond acceptors (Lipinski definition) is 2. The molecular weight excluding hydrogens is 258 g/mol. The minimum absolute atomic E-state index is 0.798. The summed E-state index contributed by atoms with van der Waals surface area (Å²) in [5, 5.41) is 8.81. The second-order valence-corrected chi connectivity index (χ2v) is 5.78. The SMILES string of the molecule is CCn1nc(C)c(Cl)c1CC(C)=CCCNC1CC1. The lowest BCUT2D eigenvalue weighted by Gasteiger charge is -2.06. The highest BCUT2D eigenvalue weighted by Crippen LogP contribution is 2.23. The van der Waals surface area contributed by atoms with E-state index < -0.39 is 0 Å². The Labute approximate surface area is 121 Å². The van der Waals surface area contributed by atoms with Gasteiger partial charge in [-0.3, -0.25) is 4.68 Å². The van der Waals surface area contributed by atoms with E-state index in [2.05, 4.69) is 30.3 Å². The Bertz CT molecular complexity index is 458. The summed E-state index contributed by atoms with van der Waals surface area (Å²) < 4.78 is 2.01. The molecule has 0 radical (unpaired) electrons. The molecule has 0 atom stereocenters. The van der Waals surface area contributed by atoms with Gasteiger partial charge in [0.25, 0.3) is 0 Å². The van der Waals surface area contributed by atoms with Crippen LogP contribution >= 0.6 is 11.6 Å². The maximum Gasteiger partial charge on any atom is 0.0850 e. The van der Waals surface area contributed by atoms with Crippen molar-refractivity contribution in [2.24, 2.45) is 0 Å². The van der Waals surface area contributed by atoms with Gasteiger partial charge < -0.3 is 5.32 Å². The lowest BCUT2D eigenvalue weighted by atomic mass is 10.1. The Morgan fingerprint density at radius 3 is 2.89 bits per heavy atom. The number of halogens is 1. The molecule has 0 spiro atoms. The van der Waals surface area contributed by atoms with Gasteiger partial charge in [0, 0.05) is 19.0 Å². The van der Waals surface area contributed by atoms with E-state index in [-0.39, 0.29) is 0 Å². The molecule has 1 fully saturated rings. The van der Waals surface area contributed by atoms with Crippen molar-refractivity contribution in [3.63, 3.8) is 0 Å². The third-order valence-electron chi connectivity index (χ3n) is 3.55. The van der Waals surface area contributed by atoms with Gasteiger partial charge in [-0.2, -0.15) is 5.10 Å². The average Bonchev–Trinajstić information content (AvgIpc) is 3.17. The molecule has 1 aliphatic rings. The molecule has 1 aromatic rings. The van der Waals surface area contributed by atoms with Crippen molar-refractivity contribution in [2.45, 2.75) is 59.0 Å². The van der Waals surface area contributed by atoms with E-state index in [9.17, 15) is 0 Å². The lowest BCUT2D eigenvalue weighted by Crippen LogP contribution is -2.16. The van der Waals surface area contributed by atoms with Crippen LogP contribution in [-0.4, -0.2) is 22.4 Å². The van der Waals surface area contributed by atoms with Gasteiger partial charge in [0.15, 0.2) is 0 Å². The first-order chi connectivity index (χ1) is 9.11. The van der Waals surface area contributed by atoms with E-state index in [0.29, 0.717) is 0 Å². The monoisotopic (exact) mass is 281 g/mol. The molecule has 1 N–H and O–H groups in total. The summed E-state index contributed by atoms with van der Waals surface area (Å²) in [6, 6.07) is 0.798. The zero-order valence-corrected chi connectivity index (χ0v) is 12.9. The molecule has 106 valence electrons. The van der Waals surface area contributed by atoms with Crippen molar-refractivity contribution in [1.29, 1.82) is 0 Å². The van der Waals surface area contributed by atoms with Crippen LogP contribution in [0, 0.1) is 6.92 Å². The molecule has 0 unspecified atom stereocenters. The molecule has 4 heteroatoms. The molecule has 0 amide bonds. The Morgan fingerprint density at radius 2 is 2.26 bits per heavy atom. The molecule has 0 bridgehead atoms. The van der Waals surface area contributed by atoms with Gasteiger partial charge in [-0.05, 0) is 46.6 Å². The molecule has 1 heterocycles. The van der Waals surface area contributed by atoms with Crippen LogP contribution in [0.1, 0.15) is 44.5 Å². The number of allylic oxidation sites excluding steroid dienone is 1. The Hall–Kier alpha value is -0.800. The fraction of sp³-hybridized carbons (Fsp3) is 0.667. The molecule has 3 nitrogen and oxygen atoms in total. The smallest absolute Gasteiger partial charge is 0.0850 e. The molecule has 0 aliphatic heterocycles. The largest absolute Gasteiger partial charge is 0.314 e. The van der Waals surface area contributed by atoms with Crippen LogP contribution in [0.5, 0.6) is 0 Å². The zero-order chi connectivity index (χ0) is 13.8. The highest BCUT2D eigenvalue weighted by molar-refractivity contribution is 6.31. The van der Waals surface area contributed by atoms with E-state index in [1.165, 1.54) is 18.4 Å². The molecule has 19 heavy (non-hydrogen) atoms. The maximum absolute atomic E-state index is 6.33. The van der Waals surface area contributed by atoms with Gasteiger partial charge >= 0.3 is 0 Å². The number of nitrogens with zero attached hydrogens (tertiary/aromatic N) is 2. The van der Waals surface area contributed by atoms with Gasteiger partial charge in [-0.15, -0.1) is 0 Å². The van der Waals surface area contributed by atoms with Crippen LogP contribution < -0.4 is 5.32 Å². The van der Waals surface area contributed by atoms with E-state index in [4.69, 9.17) is 11.6 Å². The normalized spacial score (nSPS) is 16.1. The molecule has 1 saturated carbocycles. The molecular formula is C15H24ClN3. The zero-order valence-electron chi connectivity index (χ0n) is 12.2. The van der Waals surface area contributed by atoms with Crippen molar-refractivity contribution in [2.75, 3.05) is 6.54 Å². The van der Waals surface area contributed by atoms with Gasteiger partial charge in [-0.1, -0.05) is 23.3 Å². The first-order valence-electron chi connectivity index (χ1n) is 7.22. The van der Waals surface area contributed by atoms with Crippen LogP contribution in [0.25, 0.3) is 0 Å². The molecule has 0 saturated heterocycles. The number of nitrogens with one attached hydrogen (secondary N) is 1.